The predicted molar refractivity (Wildman–Crippen MR) is 70.4 cm³/mol. The third kappa shape index (κ3) is 3.18. The van der Waals surface area contributed by atoms with Crippen LogP contribution in [0.4, 0.5) is 4.79 Å². The highest BCUT2D eigenvalue weighted by Gasteiger charge is 2.37. The minimum Gasteiger partial charge on any atom is -0.453 e. The average molecular weight is 269 g/mol. The molecule has 0 aromatic rings. The lowest BCUT2D eigenvalue weighted by Gasteiger charge is -2.24. The first kappa shape index (κ1) is 14.1. The number of ether oxygens (including phenoxy) is 1. The van der Waals surface area contributed by atoms with Gasteiger partial charge in [-0.1, -0.05) is 6.42 Å². The molecule has 1 saturated heterocycles. The number of amides is 2. The summed E-state index contributed by atoms with van der Waals surface area (Å²) in [6.45, 7) is 1.89. The van der Waals surface area contributed by atoms with Gasteiger partial charge in [-0.05, 0) is 31.7 Å². The van der Waals surface area contributed by atoms with E-state index in [1.165, 1.54) is 7.11 Å². The maximum absolute atomic E-state index is 12.4. The van der Waals surface area contributed by atoms with Crippen molar-refractivity contribution in [2.24, 2.45) is 17.6 Å². The molecule has 0 radical (unpaired) electrons. The van der Waals surface area contributed by atoms with E-state index in [9.17, 15) is 9.59 Å². The van der Waals surface area contributed by atoms with Crippen LogP contribution in [0.15, 0.2) is 0 Å². The van der Waals surface area contributed by atoms with Gasteiger partial charge in [-0.2, -0.15) is 0 Å². The first-order valence-corrected chi connectivity index (χ1v) is 6.99. The molecule has 6 nitrogen and oxygen atoms in total. The maximum atomic E-state index is 12.4. The summed E-state index contributed by atoms with van der Waals surface area (Å²) in [5.41, 5.74) is 5.73. The third-order valence-electron chi connectivity index (χ3n) is 4.29. The van der Waals surface area contributed by atoms with Crippen molar-refractivity contribution in [3.8, 4) is 0 Å². The molecular weight excluding hydrogens is 246 g/mol. The topological polar surface area (TPSA) is 84.7 Å². The normalized spacial score (nSPS) is 30.4. The Morgan fingerprint density at radius 1 is 1.37 bits per heavy atom. The number of carbonyl (C=O) groups is 2. The van der Waals surface area contributed by atoms with Gasteiger partial charge in [0, 0.05) is 19.0 Å². The van der Waals surface area contributed by atoms with Gasteiger partial charge in [0.1, 0.15) is 0 Å². The van der Waals surface area contributed by atoms with Crippen LogP contribution >= 0.6 is 0 Å². The Kier molecular flexibility index (Phi) is 4.63. The van der Waals surface area contributed by atoms with Gasteiger partial charge in [0.2, 0.25) is 5.91 Å². The van der Waals surface area contributed by atoms with Crippen molar-refractivity contribution in [3.63, 3.8) is 0 Å². The second-order valence-corrected chi connectivity index (χ2v) is 5.44. The van der Waals surface area contributed by atoms with E-state index in [0.717, 1.165) is 25.7 Å². The van der Waals surface area contributed by atoms with Crippen LogP contribution in [0.1, 0.15) is 25.7 Å². The third-order valence-corrected chi connectivity index (χ3v) is 4.29. The Morgan fingerprint density at radius 3 is 2.84 bits per heavy atom. The van der Waals surface area contributed by atoms with Gasteiger partial charge in [0.05, 0.1) is 13.2 Å². The molecule has 1 heterocycles. The first-order valence-electron chi connectivity index (χ1n) is 6.99. The summed E-state index contributed by atoms with van der Waals surface area (Å²) in [5, 5.41) is 2.75. The highest BCUT2D eigenvalue weighted by molar-refractivity contribution is 5.80. The maximum Gasteiger partial charge on any atom is 0.407 e. The SMILES string of the molecule is COC(=O)NC1CCN(C(=O)C2CCCC2CN)C1. The number of nitrogens with two attached hydrogens (primary N) is 1. The van der Waals surface area contributed by atoms with E-state index in [4.69, 9.17) is 5.73 Å². The number of nitrogens with zero attached hydrogens (tertiary/aromatic N) is 1. The standard InChI is InChI=1S/C13H23N3O3/c1-19-13(18)15-10-5-6-16(8-10)12(17)11-4-2-3-9(11)7-14/h9-11H,2-8,14H2,1H3,(H,15,18). The minimum absolute atomic E-state index is 0.00845. The van der Waals surface area contributed by atoms with Gasteiger partial charge < -0.3 is 20.7 Å². The summed E-state index contributed by atoms with van der Waals surface area (Å²) in [6, 6.07) is 0.00845. The van der Waals surface area contributed by atoms with E-state index in [2.05, 4.69) is 10.1 Å². The van der Waals surface area contributed by atoms with Gasteiger partial charge in [0.15, 0.2) is 0 Å². The van der Waals surface area contributed by atoms with Gasteiger partial charge in [-0.3, -0.25) is 4.79 Å². The summed E-state index contributed by atoms with van der Waals surface area (Å²) >= 11 is 0. The Balaban J connectivity index is 1.86. The summed E-state index contributed by atoms with van der Waals surface area (Å²) < 4.78 is 4.57. The van der Waals surface area contributed by atoms with Crippen molar-refractivity contribution in [1.82, 2.24) is 10.2 Å². The fraction of sp³-hybridized carbons (Fsp3) is 0.846. The molecule has 2 fully saturated rings. The molecule has 0 bridgehead atoms. The molecule has 1 aliphatic carbocycles. The number of alkyl carbamates (subject to hydrolysis) is 1. The number of rotatable bonds is 3. The van der Waals surface area contributed by atoms with Crippen LogP contribution in [0, 0.1) is 11.8 Å². The summed E-state index contributed by atoms with van der Waals surface area (Å²) in [6.07, 6.45) is 3.47. The molecule has 6 heteroatoms. The molecule has 1 saturated carbocycles. The van der Waals surface area contributed by atoms with Crippen LogP contribution in [0.2, 0.25) is 0 Å². The molecule has 0 spiro atoms. The van der Waals surface area contributed by atoms with Crippen molar-refractivity contribution in [1.29, 1.82) is 0 Å². The second-order valence-electron chi connectivity index (χ2n) is 5.44. The highest BCUT2D eigenvalue weighted by Crippen LogP contribution is 2.33. The Morgan fingerprint density at radius 2 is 2.16 bits per heavy atom. The summed E-state index contributed by atoms with van der Waals surface area (Å²) in [7, 11) is 1.34. The number of methoxy groups -OCH3 is 1. The van der Waals surface area contributed by atoms with Crippen molar-refractivity contribution >= 4 is 12.0 Å². The number of likely N-dealkylation sites (tertiary alicyclic amines) is 1. The van der Waals surface area contributed by atoms with Crippen molar-refractivity contribution < 1.29 is 14.3 Å². The Bertz CT molecular complexity index is 348. The second kappa shape index (κ2) is 6.23. The smallest absolute Gasteiger partial charge is 0.407 e. The fourth-order valence-corrected chi connectivity index (χ4v) is 3.18. The molecule has 2 amide bonds. The molecule has 3 N–H and O–H groups in total. The average Bonchev–Trinajstić information content (AvgIpc) is 3.06. The van der Waals surface area contributed by atoms with Crippen LogP contribution < -0.4 is 11.1 Å². The number of nitrogens with one attached hydrogen (secondary N) is 1. The zero-order valence-electron chi connectivity index (χ0n) is 11.4. The summed E-state index contributed by atoms with van der Waals surface area (Å²) in [4.78, 5) is 25.5. The largest absolute Gasteiger partial charge is 0.453 e. The van der Waals surface area contributed by atoms with Crippen LogP contribution in [0.3, 0.4) is 0 Å². The number of hydrogen-bond acceptors (Lipinski definition) is 4. The van der Waals surface area contributed by atoms with Crippen LogP contribution in [0.5, 0.6) is 0 Å². The van der Waals surface area contributed by atoms with Gasteiger partial charge in [0.25, 0.3) is 0 Å². The van der Waals surface area contributed by atoms with Crippen LogP contribution in [-0.2, 0) is 9.53 Å². The lowest BCUT2D eigenvalue weighted by Crippen LogP contribution is -2.41. The van der Waals surface area contributed by atoms with Gasteiger partial charge in [-0.15, -0.1) is 0 Å². The van der Waals surface area contributed by atoms with E-state index in [1.807, 2.05) is 4.90 Å². The van der Waals surface area contributed by atoms with Gasteiger partial charge >= 0.3 is 6.09 Å². The zero-order chi connectivity index (χ0) is 13.8. The first-order chi connectivity index (χ1) is 9.15. The number of hydrogen-bond donors (Lipinski definition) is 2. The number of carbonyl (C=O) groups excluding carboxylic acids is 2. The van der Waals surface area contributed by atoms with Crippen molar-refractivity contribution in [2.45, 2.75) is 31.7 Å². The van der Waals surface area contributed by atoms with E-state index in [-0.39, 0.29) is 17.9 Å². The Labute approximate surface area is 113 Å². The Hall–Kier alpha value is -1.30. The van der Waals surface area contributed by atoms with Crippen LogP contribution in [-0.4, -0.2) is 49.7 Å². The lowest BCUT2D eigenvalue weighted by atomic mass is 9.95. The molecule has 19 heavy (non-hydrogen) atoms. The molecular formula is C13H23N3O3. The van der Waals surface area contributed by atoms with Crippen LogP contribution in [0.25, 0.3) is 0 Å². The van der Waals surface area contributed by atoms with Gasteiger partial charge in [-0.25, -0.2) is 4.79 Å². The zero-order valence-corrected chi connectivity index (χ0v) is 11.4. The molecule has 0 aromatic carbocycles. The molecule has 2 aliphatic rings. The van der Waals surface area contributed by atoms with E-state index < -0.39 is 6.09 Å². The lowest BCUT2D eigenvalue weighted by molar-refractivity contribution is -0.135. The molecule has 3 unspecified atom stereocenters. The molecule has 0 aromatic heterocycles. The monoisotopic (exact) mass is 269 g/mol. The van der Waals surface area contributed by atoms with E-state index in [0.29, 0.717) is 25.6 Å². The fourth-order valence-electron chi connectivity index (χ4n) is 3.18. The molecule has 1 aliphatic heterocycles. The molecule has 108 valence electrons. The summed E-state index contributed by atoms with van der Waals surface area (Å²) in [5.74, 6) is 0.629. The quantitative estimate of drug-likeness (QED) is 0.772. The van der Waals surface area contributed by atoms with Crippen molar-refractivity contribution in [3.05, 3.63) is 0 Å². The predicted octanol–water partition coefficient (Wildman–Crippen LogP) is 0.318. The minimum atomic E-state index is -0.431. The molecule has 3 atom stereocenters. The van der Waals surface area contributed by atoms with Crippen molar-refractivity contribution in [2.75, 3.05) is 26.7 Å². The highest BCUT2D eigenvalue weighted by atomic mass is 16.5. The van der Waals surface area contributed by atoms with E-state index >= 15 is 0 Å². The molecule has 2 rings (SSSR count). The van der Waals surface area contributed by atoms with E-state index in [1.54, 1.807) is 0 Å².